The van der Waals surface area contributed by atoms with E-state index in [0.29, 0.717) is 11.8 Å². The van der Waals surface area contributed by atoms with Gasteiger partial charge in [0.2, 0.25) is 0 Å². The van der Waals surface area contributed by atoms with Crippen molar-refractivity contribution in [2.45, 2.75) is 30.4 Å². The van der Waals surface area contributed by atoms with Gasteiger partial charge in [0, 0.05) is 23.4 Å². The van der Waals surface area contributed by atoms with Gasteiger partial charge < -0.3 is 5.73 Å². The minimum atomic E-state index is 0.241. The molecule has 0 aliphatic rings. The Morgan fingerprint density at radius 3 is 2.69 bits per heavy atom. The molecule has 13 heavy (non-hydrogen) atoms. The van der Waals surface area contributed by atoms with Gasteiger partial charge in [0.05, 0.1) is 0 Å². The van der Waals surface area contributed by atoms with Gasteiger partial charge in [0.25, 0.3) is 0 Å². The first-order chi connectivity index (χ1) is 6.04. The molecule has 1 aromatic rings. The Morgan fingerprint density at radius 2 is 2.31 bits per heavy atom. The van der Waals surface area contributed by atoms with E-state index in [4.69, 9.17) is 5.73 Å². The first-order valence-electron chi connectivity index (χ1n) is 4.30. The number of thiazole rings is 1. The largest absolute Gasteiger partial charge is 0.329 e. The molecule has 1 unspecified atom stereocenters. The lowest BCUT2D eigenvalue weighted by Crippen LogP contribution is -2.30. The number of aromatic nitrogens is 1. The zero-order valence-electron chi connectivity index (χ0n) is 8.28. The van der Waals surface area contributed by atoms with Crippen LogP contribution in [0.25, 0.3) is 0 Å². The summed E-state index contributed by atoms with van der Waals surface area (Å²) in [5.41, 5.74) is 5.97. The summed E-state index contributed by atoms with van der Waals surface area (Å²) >= 11 is 3.46. The SMILES string of the molecule is CC(C)(C)C(CN)Sc1nccs1. The van der Waals surface area contributed by atoms with Crippen LogP contribution < -0.4 is 5.73 Å². The molecule has 0 spiro atoms. The van der Waals surface area contributed by atoms with Gasteiger partial charge >= 0.3 is 0 Å². The number of hydrogen-bond acceptors (Lipinski definition) is 4. The highest BCUT2D eigenvalue weighted by Crippen LogP contribution is 2.35. The number of nitrogens with two attached hydrogens (primary N) is 1. The Morgan fingerprint density at radius 1 is 1.62 bits per heavy atom. The Hall–Kier alpha value is -0.0600. The zero-order valence-corrected chi connectivity index (χ0v) is 9.91. The summed E-state index contributed by atoms with van der Waals surface area (Å²) in [6, 6.07) is 0. The lowest BCUT2D eigenvalue weighted by atomic mass is 9.92. The van der Waals surface area contributed by atoms with Crippen LogP contribution in [-0.2, 0) is 0 Å². The molecule has 0 aliphatic carbocycles. The molecule has 0 saturated carbocycles. The van der Waals surface area contributed by atoms with E-state index in [0.717, 1.165) is 4.34 Å². The zero-order chi connectivity index (χ0) is 9.90. The van der Waals surface area contributed by atoms with Crippen molar-refractivity contribution >= 4 is 23.1 Å². The van der Waals surface area contributed by atoms with Crippen molar-refractivity contribution in [2.24, 2.45) is 11.1 Å². The molecule has 4 heteroatoms. The third-order valence-corrected chi connectivity index (χ3v) is 4.47. The van der Waals surface area contributed by atoms with E-state index in [2.05, 4.69) is 25.8 Å². The van der Waals surface area contributed by atoms with Gasteiger partial charge in [-0.1, -0.05) is 32.5 Å². The molecule has 1 heterocycles. The van der Waals surface area contributed by atoms with Gasteiger partial charge in [0.15, 0.2) is 0 Å². The molecule has 1 aromatic heterocycles. The maximum atomic E-state index is 5.73. The second kappa shape index (κ2) is 4.44. The van der Waals surface area contributed by atoms with Crippen LogP contribution in [-0.4, -0.2) is 16.8 Å². The summed E-state index contributed by atoms with van der Waals surface area (Å²) in [4.78, 5) is 4.24. The lowest BCUT2D eigenvalue weighted by molar-refractivity contribution is 0.398. The fourth-order valence-corrected chi connectivity index (χ4v) is 2.88. The molecule has 0 fully saturated rings. The Kier molecular flexibility index (Phi) is 3.76. The van der Waals surface area contributed by atoms with Crippen molar-refractivity contribution in [1.29, 1.82) is 0 Å². The van der Waals surface area contributed by atoms with Gasteiger partial charge in [-0.05, 0) is 5.41 Å². The molecule has 74 valence electrons. The third kappa shape index (κ3) is 3.29. The predicted molar refractivity (Wildman–Crippen MR) is 60.3 cm³/mol. The number of nitrogens with zero attached hydrogens (tertiary/aromatic N) is 1. The van der Waals surface area contributed by atoms with Crippen molar-refractivity contribution in [1.82, 2.24) is 4.98 Å². The molecule has 1 atom stereocenters. The summed E-state index contributed by atoms with van der Waals surface area (Å²) in [6.45, 7) is 7.34. The molecule has 1 rings (SSSR count). The molecule has 0 saturated heterocycles. The number of thioether (sulfide) groups is 1. The lowest BCUT2D eigenvalue weighted by Gasteiger charge is -2.27. The van der Waals surface area contributed by atoms with Gasteiger partial charge in [-0.15, -0.1) is 11.3 Å². The smallest absolute Gasteiger partial charge is 0.150 e. The minimum absolute atomic E-state index is 0.241. The molecule has 0 bridgehead atoms. The highest BCUT2D eigenvalue weighted by molar-refractivity contribution is 8.01. The average Bonchev–Trinajstić information content (AvgIpc) is 2.49. The van der Waals surface area contributed by atoms with E-state index in [1.807, 2.05) is 11.6 Å². The summed E-state index contributed by atoms with van der Waals surface area (Å²) < 4.78 is 1.12. The van der Waals surface area contributed by atoms with Crippen LogP contribution in [0.2, 0.25) is 0 Å². The molecule has 2 nitrogen and oxygen atoms in total. The topological polar surface area (TPSA) is 38.9 Å². The monoisotopic (exact) mass is 216 g/mol. The maximum Gasteiger partial charge on any atom is 0.150 e. The first kappa shape index (κ1) is 11.0. The van der Waals surface area contributed by atoms with Crippen LogP contribution in [0.4, 0.5) is 0 Å². The number of rotatable bonds is 3. The predicted octanol–water partition coefficient (Wildman–Crippen LogP) is 2.61. The highest BCUT2D eigenvalue weighted by atomic mass is 32.2. The summed E-state index contributed by atoms with van der Waals surface area (Å²) in [5.74, 6) is 0. The summed E-state index contributed by atoms with van der Waals surface area (Å²) in [5, 5.41) is 2.44. The number of hydrogen-bond donors (Lipinski definition) is 1. The molecular formula is C9H16N2S2. The van der Waals surface area contributed by atoms with Gasteiger partial charge in [-0.3, -0.25) is 0 Å². The Balaban J connectivity index is 2.60. The van der Waals surface area contributed by atoms with Gasteiger partial charge in [-0.2, -0.15) is 0 Å². The van der Waals surface area contributed by atoms with E-state index >= 15 is 0 Å². The van der Waals surface area contributed by atoms with Crippen molar-refractivity contribution in [2.75, 3.05) is 6.54 Å². The van der Waals surface area contributed by atoms with Crippen molar-refractivity contribution in [3.63, 3.8) is 0 Å². The molecule has 0 amide bonds. The molecule has 0 aliphatic heterocycles. The van der Waals surface area contributed by atoms with E-state index in [1.165, 1.54) is 0 Å². The van der Waals surface area contributed by atoms with E-state index in [-0.39, 0.29) is 5.41 Å². The van der Waals surface area contributed by atoms with Crippen LogP contribution in [0.1, 0.15) is 20.8 Å². The van der Waals surface area contributed by atoms with Crippen molar-refractivity contribution in [3.05, 3.63) is 11.6 Å². The second-order valence-electron chi connectivity index (χ2n) is 4.01. The average molecular weight is 216 g/mol. The van der Waals surface area contributed by atoms with E-state index in [9.17, 15) is 0 Å². The van der Waals surface area contributed by atoms with Crippen molar-refractivity contribution in [3.8, 4) is 0 Å². The van der Waals surface area contributed by atoms with E-state index in [1.54, 1.807) is 23.1 Å². The summed E-state index contributed by atoms with van der Waals surface area (Å²) in [6.07, 6.45) is 1.84. The van der Waals surface area contributed by atoms with Crippen molar-refractivity contribution < 1.29 is 0 Å². The molecular weight excluding hydrogens is 200 g/mol. The maximum absolute atomic E-state index is 5.73. The summed E-state index contributed by atoms with van der Waals surface area (Å²) in [7, 11) is 0. The molecule has 0 radical (unpaired) electrons. The quantitative estimate of drug-likeness (QED) is 0.789. The van der Waals surface area contributed by atoms with Crippen LogP contribution >= 0.6 is 23.1 Å². The standard InChI is InChI=1S/C9H16N2S2/c1-9(2,3)7(6-10)13-8-11-4-5-12-8/h4-5,7H,6,10H2,1-3H3. The Bertz CT molecular complexity index is 239. The van der Waals surface area contributed by atoms with Gasteiger partial charge in [0.1, 0.15) is 4.34 Å². The Labute approximate surface area is 87.9 Å². The van der Waals surface area contributed by atoms with Crippen LogP contribution in [0, 0.1) is 5.41 Å². The van der Waals surface area contributed by atoms with Crippen LogP contribution in [0.3, 0.4) is 0 Å². The third-order valence-electron chi connectivity index (χ3n) is 1.83. The second-order valence-corrected chi connectivity index (χ2v) is 6.35. The fourth-order valence-electron chi connectivity index (χ4n) is 0.969. The van der Waals surface area contributed by atoms with Gasteiger partial charge in [-0.25, -0.2) is 4.98 Å². The van der Waals surface area contributed by atoms with E-state index < -0.39 is 0 Å². The normalized spacial score (nSPS) is 14.5. The van der Waals surface area contributed by atoms with Crippen LogP contribution in [0.5, 0.6) is 0 Å². The molecule has 0 aromatic carbocycles. The fraction of sp³-hybridized carbons (Fsp3) is 0.667. The minimum Gasteiger partial charge on any atom is -0.329 e. The highest BCUT2D eigenvalue weighted by Gasteiger charge is 2.24. The molecule has 2 N–H and O–H groups in total. The first-order valence-corrected chi connectivity index (χ1v) is 6.06. The van der Waals surface area contributed by atoms with Crippen LogP contribution in [0.15, 0.2) is 15.9 Å².